The number of hydrazone groups is 1. The van der Waals surface area contributed by atoms with Crippen LogP contribution < -0.4 is 0 Å². The SMILES string of the molecule is CCC1CC=NN1O. The van der Waals surface area contributed by atoms with Crippen molar-refractivity contribution in [2.45, 2.75) is 25.8 Å². The third kappa shape index (κ3) is 0.816. The number of rotatable bonds is 1. The van der Waals surface area contributed by atoms with Crippen molar-refractivity contribution in [3.63, 3.8) is 0 Å². The Bertz CT molecular complexity index is 103. The quantitative estimate of drug-likeness (QED) is 0.548. The maximum absolute atomic E-state index is 8.82. The molecular formula is C5H10N2O. The summed E-state index contributed by atoms with van der Waals surface area (Å²) in [5.41, 5.74) is 0. The fourth-order valence-electron chi connectivity index (χ4n) is 0.771. The maximum Gasteiger partial charge on any atom is 0.0802 e. The minimum atomic E-state index is 0.231. The van der Waals surface area contributed by atoms with Crippen molar-refractivity contribution in [2.24, 2.45) is 5.10 Å². The molecule has 0 bridgehead atoms. The van der Waals surface area contributed by atoms with E-state index in [0.717, 1.165) is 18.0 Å². The van der Waals surface area contributed by atoms with Gasteiger partial charge < -0.3 is 0 Å². The van der Waals surface area contributed by atoms with Gasteiger partial charge >= 0.3 is 0 Å². The fourth-order valence-corrected chi connectivity index (χ4v) is 0.771. The van der Waals surface area contributed by atoms with Crippen LogP contribution in [0.1, 0.15) is 19.8 Å². The number of nitrogens with zero attached hydrogens (tertiary/aromatic N) is 2. The standard InChI is InChI=1S/C5H10N2O/c1-2-5-3-4-6-7(5)8/h4-5,8H,2-3H2,1H3. The Balaban J connectivity index is 2.38. The normalized spacial score (nSPS) is 27.2. The first-order valence-electron chi connectivity index (χ1n) is 2.85. The molecule has 3 nitrogen and oxygen atoms in total. The summed E-state index contributed by atoms with van der Waals surface area (Å²) in [7, 11) is 0. The van der Waals surface area contributed by atoms with E-state index in [1.807, 2.05) is 6.92 Å². The molecule has 1 aliphatic rings. The van der Waals surface area contributed by atoms with Gasteiger partial charge in [-0.15, -0.1) is 0 Å². The lowest BCUT2D eigenvalue weighted by molar-refractivity contribution is -0.115. The van der Waals surface area contributed by atoms with Crippen molar-refractivity contribution in [1.29, 1.82) is 0 Å². The Morgan fingerprint density at radius 3 is 3.00 bits per heavy atom. The van der Waals surface area contributed by atoms with Gasteiger partial charge in [-0.1, -0.05) is 6.92 Å². The molecule has 46 valence electrons. The molecule has 1 rings (SSSR count). The van der Waals surface area contributed by atoms with Crippen molar-refractivity contribution < 1.29 is 5.21 Å². The Kier molecular flexibility index (Phi) is 1.48. The van der Waals surface area contributed by atoms with Crippen LogP contribution in [0.3, 0.4) is 0 Å². The molecule has 0 aromatic heterocycles. The van der Waals surface area contributed by atoms with Gasteiger partial charge in [0.15, 0.2) is 0 Å². The van der Waals surface area contributed by atoms with E-state index in [0.29, 0.717) is 0 Å². The van der Waals surface area contributed by atoms with E-state index < -0.39 is 0 Å². The molecule has 0 spiro atoms. The van der Waals surface area contributed by atoms with Crippen molar-refractivity contribution in [3.8, 4) is 0 Å². The first-order valence-corrected chi connectivity index (χ1v) is 2.85. The Morgan fingerprint density at radius 2 is 2.75 bits per heavy atom. The lowest BCUT2D eigenvalue weighted by Crippen LogP contribution is -2.21. The summed E-state index contributed by atoms with van der Waals surface area (Å²) >= 11 is 0. The van der Waals surface area contributed by atoms with E-state index in [9.17, 15) is 0 Å². The largest absolute Gasteiger partial charge is 0.271 e. The predicted octanol–water partition coefficient (Wildman–Crippen LogP) is 0.846. The van der Waals surface area contributed by atoms with E-state index in [1.54, 1.807) is 6.21 Å². The van der Waals surface area contributed by atoms with Crippen LogP contribution >= 0.6 is 0 Å². The number of hydrogen-bond acceptors (Lipinski definition) is 3. The summed E-state index contributed by atoms with van der Waals surface area (Å²) in [6.45, 7) is 2.03. The summed E-state index contributed by atoms with van der Waals surface area (Å²) in [5, 5.41) is 13.5. The second kappa shape index (κ2) is 2.13. The van der Waals surface area contributed by atoms with E-state index in [-0.39, 0.29) is 6.04 Å². The van der Waals surface area contributed by atoms with Crippen LogP contribution in [0.2, 0.25) is 0 Å². The molecule has 0 aliphatic carbocycles. The number of hydroxylamine groups is 1. The van der Waals surface area contributed by atoms with Crippen LogP contribution in [-0.2, 0) is 0 Å². The van der Waals surface area contributed by atoms with Gasteiger partial charge in [-0.3, -0.25) is 5.21 Å². The van der Waals surface area contributed by atoms with Crippen molar-refractivity contribution in [2.75, 3.05) is 0 Å². The van der Waals surface area contributed by atoms with Gasteiger partial charge in [0.2, 0.25) is 0 Å². The van der Waals surface area contributed by atoms with Crippen LogP contribution in [0, 0.1) is 0 Å². The van der Waals surface area contributed by atoms with Crippen LogP contribution in [0.25, 0.3) is 0 Å². The highest BCUT2D eigenvalue weighted by atomic mass is 16.5. The third-order valence-corrected chi connectivity index (χ3v) is 1.38. The topological polar surface area (TPSA) is 35.8 Å². The molecule has 1 N–H and O–H groups in total. The molecule has 1 aliphatic heterocycles. The summed E-state index contributed by atoms with van der Waals surface area (Å²) < 4.78 is 0. The molecule has 0 saturated carbocycles. The fraction of sp³-hybridized carbons (Fsp3) is 0.800. The van der Waals surface area contributed by atoms with Crippen LogP contribution in [0.4, 0.5) is 0 Å². The van der Waals surface area contributed by atoms with Gasteiger partial charge in [0.25, 0.3) is 0 Å². The van der Waals surface area contributed by atoms with Crippen molar-refractivity contribution in [3.05, 3.63) is 0 Å². The van der Waals surface area contributed by atoms with E-state index in [4.69, 9.17) is 5.21 Å². The second-order valence-corrected chi connectivity index (χ2v) is 1.92. The van der Waals surface area contributed by atoms with Crippen LogP contribution in [-0.4, -0.2) is 22.6 Å². The van der Waals surface area contributed by atoms with E-state index in [2.05, 4.69) is 5.10 Å². The number of hydrogen-bond donors (Lipinski definition) is 1. The summed E-state index contributed by atoms with van der Waals surface area (Å²) in [5.74, 6) is 0. The van der Waals surface area contributed by atoms with E-state index in [1.165, 1.54) is 0 Å². The van der Waals surface area contributed by atoms with Crippen molar-refractivity contribution in [1.82, 2.24) is 5.17 Å². The molecule has 3 heteroatoms. The molecule has 0 radical (unpaired) electrons. The lowest BCUT2D eigenvalue weighted by Gasteiger charge is -2.12. The maximum atomic E-state index is 8.82. The lowest BCUT2D eigenvalue weighted by atomic mass is 10.2. The van der Waals surface area contributed by atoms with Gasteiger partial charge in [0.1, 0.15) is 0 Å². The Labute approximate surface area is 48.6 Å². The monoisotopic (exact) mass is 114 g/mol. The van der Waals surface area contributed by atoms with Crippen molar-refractivity contribution >= 4 is 6.21 Å². The smallest absolute Gasteiger partial charge is 0.0802 e. The molecule has 1 heterocycles. The molecule has 0 aromatic carbocycles. The van der Waals surface area contributed by atoms with Gasteiger partial charge in [0, 0.05) is 12.6 Å². The zero-order valence-corrected chi connectivity index (χ0v) is 4.91. The summed E-state index contributed by atoms with van der Waals surface area (Å²) in [6.07, 6.45) is 3.57. The van der Waals surface area contributed by atoms with Crippen LogP contribution in [0.15, 0.2) is 5.10 Å². The zero-order chi connectivity index (χ0) is 5.98. The molecule has 1 unspecified atom stereocenters. The molecule has 0 amide bonds. The molecule has 0 fully saturated rings. The molecule has 0 aromatic rings. The van der Waals surface area contributed by atoms with Crippen LogP contribution in [0.5, 0.6) is 0 Å². The van der Waals surface area contributed by atoms with Gasteiger partial charge in [-0.2, -0.15) is 10.3 Å². The average molecular weight is 114 g/mol. The molecular weight excluding hydrogens is 104 g/mol. The van der Waals surface area contributed by atoms with Gasteiger partial charge in [0.05, 0.1) is 6.04 Å². The molecule has 1 atom stereocenters. The van der Waals surface area contributed by atoms with Gasteiger partial charge in [-0.25, -0.2) is 0 Å². The Morgan fingerprint density at radius 1 is 2.00 bits per heavy atom. The molecule has 8 heavy (non-hydrogen) atoms. The summed E-state index contributed by atoms with van der Waals surface area (Å²) in [6, 6.07) is 0.231. The predicted molar refractivity (Wildman–Crippen MR) is 30.8 cm³/mol. The first kappa shape index (κ1) is 5.56. The third-order valence-electron chi connectivity index (χ3n) is 1.38. The highest BCUT2D eigenvalue weighted by molar-refractivity contribution is 5.59. The average Bonchev–Trinajstić information content (AvgIpc) is 2.14. The minimum absolute atomic E-state index is 0.231. The van der Waals surface area contributed by atoms with E-state index >= 15 is 0 Å². The second-order valence-electron chi connectivity index (χ2n) is 1.92. The first-order chi connectivity index (χ1) is 3.84. The minimum Gasteiger partial charge on any atom is -0.271 e. The highest BCUT2D eigenvalue weighted by Gasteiger charge is 2.15. The Hall–Kier alpha value is -0.570. The molecule has 0 saturated heterocycles. The highest BCUT2D eigenvalue weighted by Crippen LogP contribution is 2.09. The van der Waals surface area contributed by atoms with Gasteiger partial charge in [-0.05, 0) is 6.42 Å². The summed E-state index contributed by atoms with van der Waals surface area (Å²) in [4.78, 5) is 0. The zero-order valence-electron chi connectivity index (χ0n) is 4.91.